The number of anilines is 2. The third-order valence-corrected chi connectivity index (χ3v) is 2.64. The maximum absolute atomic E-state index is 12.1. The zero-order chi connectivity index (χ0) is 13.9. The zero-order valence-corrected chi connectivity index (χ0v) is 11.3. The largest absolute Gasteiger partial charge is 0.397 e. The minimum absolute atomic E-state index is 0.145. The van der Waals surface area contributed by atoms with Gasteiger partial charge >= 0.3 is 0 Å². The lowest BCUT2D eigenvalue weighted by Gasteiger charge is -2.20. The number of nitrogen functional groups attached to an aromatic ring is 1. The Morgan fingerprint density at radius 2 is 2.00 bits per heavy atom. The van der Waals surface area contributed by atoms with Gasteiger partial charge in [0.2, 0.25) is 0 Å². The van der Waals surface area contributed by atoms with E-state index in [2.05, 4.69) is 0 Å². The van der Waals surface area contributed by atoms with Crippen LogP contribution < -0.4 is 10.6 Å². The van der Waals surface area contributed by atoms with E-state index in [0.29, 0.717) is 17.8 Å². The van der Waals surface area contributed by atoms with Crippen molar-refractivity contribution >= 4 is 17.3 Å². The van der Waals surface area contributed by atoms with Gasteiger partial charge in [0, 0.05) is 33.3 Å². The molecule has 1 rings (SSSR count). The lowest BCUT2D eigenvalue weighted by atomic mass is 10.1. The number of carbonyl (C=O) groups is 1. The number of aliphatic hydroxyl groups is 1. The molecule has 0 aliphatic heterocycles. The van der Waals surface area contributed by atoms with E-state index < -0.39 is 6.10 Å². The second kappa shape index (κ2) is 5.73. The summed E-state index contributed by atoms with van der Waals surface area (Å²) >= 11 is 0. The van der Waals surface area contributed by atoms with E-state index in [0.717, 1.165) is 5.69 Å². The molecule has 1 aromatic rings. The molecule has 0 heterocycles. The number of hydrogen-bond donors (Lipinski definition) is 2. The Balaban J connectivity index is 2.91. The van der Waals surface area contributed by atoms with E-state index in [4.69, 9.17) is 5.73 Å². The molecule has 18 heavy (non-hydrogen) atoms. The fourth-order valence-electron chi connectivity index (χ4n) is 1.79. The van der Waals surface area contributed by atoms with Crippen LogP contribution in [0.2, 0.25) is 0 Å². The average molecular weight is 251 g/mol. The molecule has 100 valence electrons. The normalized spacial score (nSPS) is 12.1. The fraction of sp³-hybridized carbons (Fsp3) is 0.462. The van der Waals surface area contributed by atoms with E-state index >= 15 is 0 Å². The van der Waals surface area contributed by atoms with Crippen molar-refractivity contribution < 1.29 is 9.90 Å². The van der Waals surface area contributed by atoms with Crippen LogP contribution in [-0.2, 0) is 0 Å². The number of likely N-dealkylation sites (N-methyl/N-ethyl adjacent to an activating group) is 1. The van der Waals surface area contributed by atoms with E-state index in [1.165, 1.54) is 4.90 Å². The summed E-state index contributed by atoms with van der Waals surface area (Å²) in [7, 11) is 5.45. The summed E-state index contributed by atoms with van der Waals surface area (Å²) in [5, 5.41) is 9.26. The predicted molar refractivity (Wildman–Crippen MR) is 73.8 cm³/mol. The van der Waals surface area contributed by atoms with Crippen molar-refractivity contribution in [3.63, 3.8) is 0 Å². The first-order valence-corrected chi connectivity index (χ1v) is 5.83. The number of hydrogen-bond acceptors (Lipinski definition) is 4. The highest BCUT2D eigenvalue weighted by atomic mass is 16.3. The number of carbonyl (C=O) groups excluding carboxylic acids is 1. The number of aliphatic hydroxyl groups excluding tert-OH is 1. The third-order valence-electron chi connectivity index (χ3n) is 2.64. The summed E-state index contributed by atoms with van der Waals surface area (Å²) < 4.78 is 0. The van der Waals surface area contributed by atoms with Crippen LogP contribution >= 0.6 is 0 Å². The number of nitrogens with two attached hydrogens (primary N) is 1. The summed E-state index contributed by atoms with van der Waals surface area (Å²) in [6.45, 7) is 1.95. The monoisotopic (exact) mass is 251 g/mol. The summed E-state index contributed by atoms with van der Waals surface area (Å²) in [5.74, 6) is -0.145. The van der Waals surface area contributed by atoms with Crippen LogP contribution in [0, 0.1) is 0 Å². The molecule has 0 saturated carbocycles. The minimum Gasteiger partial charge on any atom is -0.397 e. The minimum atomic E-state index is -0.544. The first-order chi connectivity index (χ1) is 8.32. The van der Waals surface area contributed by atoms with Crippen molar-refractivity contribution in [1.82, 2.24) is 4.90 Å². The lowest BCUT2D eigenvalue weighted by Crippen LogP contribution is -2.33. The Kier molecular flexibility index (Phi) is 4.55. The number of nitrogens with zero attached hydrogens (tertiary/aromatic N) is 2. The van der Waals surface area contributed by atoms with E-state index in [1.807, 2.05) is 25.1 Å². The Morgan fingerprint density at radius 1 is 1.39 bits per heavy atom. The highest BCUT2D eigenvalue weighted by molar-refractivity contribution is 5.96. The standard InChI is InChI=1S/C13H21N3O2/c1-9(17)8-16(4)13(18)10-5-6-12(15(2)3)11(14)7-10/h5-7,9,17H,8,14H2,1-4H3. The van der Waals surface area contributed by atoms with Gasteiger partial charge in [-0.15, -0.1) is 0 Å². The summed E-state index contributed by atoms with van der Waals surface area (Å²) in [5.41, 5.74) is 7.87. The maximum atomic E-state index is 12.1. The van der Waals surface area contributed by atoms with Gasteiger partial charge in [0.25, 0.3) is 5.91 Å². The van der Waals surface area contributed by atoms with Crippen LogP contribution in [0.5, 0.6) is 0 Å². The van der Waals surface area contributed by atoms with Gasteiger partial charge in [0.1, 0.15) is 0 Å². The summed E-state index contributed by atoms with van der Waals surface area (Å²) in [6, 6.07) is 5.22. The van der Waals surface area contributed by atoms with Gasteiger partial charge in [-0.2, -0.15) is 0 Å². The van der Waals surface area contributed by atoms with E-state index in [-0.39, 0.29) is 5.91 Å². The van der Waals surface area contributed by atoms with Gasteiger partial charge in [-0.1, -0.05) is 0 Å². The number of rotatable bonds is 4. The molecule has 0 radical (unpaired) electrons. The molecule has 0 bridgehead atoms. The van der Waals surface area contributed by atoms with Crippen LogP contribution in [0.25, 0.3) is 0 Å². The molecule has 1 amide bonds. The van der Waals surface area contributed by atoms with Crippen LogP contribution in [0.3, 0.4) is 0 Å². The Hall–Kier alpha value is -1.75. The molecule has 1 unspecified atom stereocenters. The van der Waals surface area contributed by atoms with Crippen molar-refractivity contribution in [2.24, 2.45) is 0 Å². The van der Waals surface area contributed by atoms with Crippen molar-refractivity contribution in [2.45, 2.75) is 13.0 Å². The van der Waals surface area contributed by atoms with Crippen molar-refractivity contribution in [1.29, 1.82) is 0 Å². The van der Waals surface area contributed by atoms with Gasteiger partial charge < -0.3 is 20.6 Å². The molecule has 0 aromatic heterocycles. The van der Waals surface area contributed by atoms with E-state index in [9.17, 15) is 9.90 Å². The van der Waals surface area contributed by atoms with Crippen molar-refractivity contribution in [3.8, 4) is 0 Å². The first kappa shape index (κ1) is 14.3. The highest BCUT2D eigenvalue weighted by Crippen LogP contribution is 2.22. The first-order valence-electron chi connectivity index (χ1n) is 5.83. The number of benzene rings is 1. The lowest BCUT2D eigenvalue weighted by molar-refractivity contribution is 0.0704. The molecule has 0 aliphatic carbocycles. The smallest absolute Gasteiger partial charge is 0.253 e. The molecule has 5 heteroatoms. The van der Waals surface area contributed by atoms with Gasteiger partial charge in [0.05, 0.1) is 17.5 Å². The van der Waals surface area contributed by atoms with Crippen LogP contribution in [-0.4, -0.2) is 49.7 Å². The maximum Gasteiger partial charge on any atom is 0.253 e. The van der Waals surface area contributed by atoms with Crippen molar-refractivity contribution in [2.75, 3.05) is 38.3 Å². The topological polar surface area (TPSA) is 69.8 Å². The van der Waals surface area contributed by atoms with Gasteiger partial charge in [-0.25, -0.2) is 0 Å². The van der Waals surface area contributed by atoms with E-state index in [1.54, 1.807) is 26.1 Å². The second-order valence-corrected chi connectivity index (χ2v) is 4.70. The molecular weight excluding hydrogens is 230 g/mol. The Labute approximate surface area is 108 Å². The molecule has 3 N–H and O–H groups in total. The number of amides is 1. The third kappa shape index (κ3) is 3.37. The van der Waals surface area contributed by atoms with Gasteiger partial charge in [-0.05, 0) is 25.1 Å². The average Bonchev–Trinajstić information content (AvgIpc) is 2.26. The molecule has 5 nitrogen and oxygen atoms in total. The van der Waals surface area contributed by atoms with Crippen LogP contribution in [0.1, 0.15) is 17.3 Å². The zero-order valence-electron chi connectivity index (χ0n) is 11.3. The molecule has 0 aliphatic rings. The van der Waals surface area contributed by atoms with Crippen LogP contribution in [0.15, 0.2) is 18.2 Å². The molecule has 0 saturated heterocycles. The second-order valence-electron chi connectivity index (χ2n) is 4.70. The molecule has 0 spiro atoms. The molecule has 1 atom stereocenters. The van der Waals surface area contributed by atoms with Crippen LogP contribution in [0.4, 0.5) is 11.4 Å². The van der Waals surface area contributed by atoms with Gasteiger partial charge in [-0.3, -0.25) is 4.79 Å². The molecular formula is C13H21N3O2. The Bertz CT molecular complexity index is 430. The highest BCUT2D eigenvalue weighted by Gasteiger charge is 2.14. The summed E-state index contributed by atoms with van der Waals surface area (Å²) in [6.07, 6.45) is -0.544. The molecule has 1 aromatic carbocycles. The van der Waals surface area contributed by atoms with Gasteiger partial charge in [0.15, 0.2) is 0 Å². The Morgan fingerprint density at radius 3 is 2.44 bits per heavy atom. The SMILES string of the molecule is CC(O)CN(C)C(=O)c1ccc(N(C)C)c(N)c1. The quantitative estimate of drug-likeness (QED) is 0.776. The predicted octanol–water partition coefficient (Wildman–Crippen LogP) is 0.788. The fourth-order valence-corrected chi connectivity index (χ4v) is 1.79. The van der Waals surface area contributed by atoms with Crippen molar-refractivity contribution in [3.05, 3.63) is 23.8 Å². The summed E-state index contributed by atoms with van der Waals surface area (Å²) in [4.78, 5) is 15.4. The molecule has 0 fully saturated rings.